The summed E-state index contributed by atoms with van der Waals surface area (Å²) in [5.41, 5.74) is 0.496. The minimum Gasteiger partial charge on any atom is -0.448 e. The molecular weight excluding hydrogens is 289 g/mol. The Balaban J connectivity index is 1.86. The number of nitrogens with one attached hydrogen (secondary N) is 1. The number of halogens is 1. The van der Waals surface area contributed by atoms with Gasteiger partial charge in [-0.25, -0.2) is 9.18 Å². The summed E-state index contributed by atoms with van der Waals surface area (Å²) in [5, 5.41) is 2.66. The van der Waals surface area contributed by atoms with E-state index < -0.39 is 11.9 Å². The van der Waals surface area contributed by atoms with Gasteiger partial charge >= 0.3 is 6.09 Å². The van der Waals surface area contributed by atoms with Gasteiger partial charge in [0.2, 0.25) is 5.91 Å². The van der Waals surface area contributed by atoms with E-state index in [2.05, 4.69) is 5.32 Å². The summed E-state index contributed by atoms with van der Waals surface area (Å²) < 4.78 is 18.3. The zero-order valence-electron chi connectivity index (χ0n) is 12.7. The van der Waals surface area contributed by atoms with E-state index in [-0.39, 0.29) is 25.0 Å². The number of hydrogen-bond acceptors (Lipinski definition) is 4. The number of alkyl carbamates (subject to hydrolysis) is 1. The third-order valence-electron chi connectivity index (χ3n) is 3.34. The van der Waals surface area contributed by atoms with E-state index in [0.717, 1.165) is 0 Å². The largest absolute Gasteiger partial charge is 0.448 e. The van der Waals surface area contributed by atoms with Crippen molar-refractivity contribution < 1.29 is 18.7 Å². The molecule has 0 spiro atoms. The van der Waals surface area contributed by atoms with Crippen LogP contribution < -0.4 is 10.2 Å². The Morgan fingerprint density at radius 3 is 2.95 bits per heavy atom. The van der Waals surface area contributed by atoms with Gasteiger partial charge in [0.25, 0.3) is 0 Å². The highest BCUT2D eigenvalue weighted by atomic mass is 19.1. The fourth-order valence-corrected chi connectivity index (χ4v) is 2.23. The van der Waals surface area contributed by atoms with Crippen LogP contribution in [0.3, 0.4) is 0 Å². The van der Waals surface area contributed by atoms with Crippen LogP contribution in [0.2, 0.25) is 0 Å². The van der Waals surface area contributed by atoms with Gasteiger partial charge in [0.1, 0.15) is 12.4 Å². The Kier molecular flexibility index (Phi) is 5.32. The Bertz CT molecular complexity index is 551. The van der Waals surface area contributed by atoms with Crippen LogP contribution in [-0.2, 0) is 9.53 Å². The van der Waals surface area contributed by atoms with Crippen LogP contribution in [0.4, 0.5) is 14.9 Å². The molecule has 120 valence electrons. The van der Waals surface area contributed by atoms with Crippen molar-refractivity contribution in [2.75, 3.05) is 38.7 Å². The van der Waals surface area contributed by atoms with Crippen LogP contribution in [0.15, 0.2) is 24.3 Å². The van der Waals surface area contributed by atoms with E-state index in [1.54, 1.807) is 12.1 Å². The van der Waals surface area contributed by atoms with Crippen molar-refractivity contribution in [1.82, 2.24) is 10.2 Å². The van der Waals surface area contributed by atoms with E-state index in [1.165, 1.54) is 17.0 Å². The molecule has 0 aromatic heterocycles. The lowest BCUT2D eigenvalue weighted by Gasteiger charge is -2.17. The summed E-state index contributed by atoms with van der Waals surface area (Å²) in [6.45, 7) is 1.23. The van der Waals surface area contributed by atoms with Gasteiger partial charge in [0, 0.05) is 25.2 Å². The highest BCUT2D eigenvalue weighted by Gasteiger charge is 2.32. The first-order chi connectivity index (χ1) is 10.5. The molecule has 0 bridgehead atoms. The van der Waals surface area contributed by atoms with Crippen LogP contribution in [0.5, 0.6) is 0 Å². The molecule has 0 aliphatic carbocycles. The number of rotatable bonds is 5. The topological polar surface area (TPSA) is 61.9 Å². The summed E-state index contributed by atoms with van der Waals surface area (Å²) in [6.07, 6.45) is -0.361. The van der Waals surface area contributed by atoms with Crippen molar-refractivity contribution in [2.24, 2.45) is 0 Å². The molecule has 1 saturated heterocycles. The van der Waals surface area contributed by atoms with Gasteiger partial charge in [-0.2, -0.15) is 0 Å². The molecule has 1 aliphatic rings. The molecule has 0 unspecified atom stereocenters. The number of carbonyl (C=O) groups is 2. The number of carbonyl (C=O) groups excluding carboxylic acids is 2. The highest BCUT2D eigenvalue weighted by molar-refractivity contribution is 5.96. The van der Waals surface area contributed by atoms with Crippen LogP contribution in [0, 0.1) is 5.82 Å². The molecule has 6 nitrogen and oxygen atoms in total. The van der Waals surface area contributed by atoms with E-state index in [0.29, 0.717) is 18.8 Å². The predicted octanol–water partition coefficient (Wildman–Crippen LogP) is 1.22. The number of anilines is 1. The second kappa shape index (κ2) is 7.22. The van der Waals surface area contributed by atoms with Crippen molar-refractivity contribution in [3.63, 3.8) is 0 Å². The number of ether oxygens (including phenoxy) is 1. The van der Waals surface area contributed by atoms with Crippen molar-refractivity contribution in [1.29, 1.82) is 0 Å². The summed E-state index contributed by atoms with van der Waals surface area (Å²) in [5.74, 6) is -0.547. The molecule has 7 heteroatoms. The minimum atomic E-state index is -0.541. The number of likely N-dealkylation sites (N-methyl/N-ethyl adjacent to an activating group) is 1. The molecule has 1 fully saturated rings. The highest BCUT2D eigenvalue weighted by Crippen LogP contribution is 2.22. The van der Waals surface area contributed by atoms with Gasteiger partial charge in [0.05, 0.1) is 6.04 Å². The van der Waals surface area contributed by atoms with E-state index in [4.69, 9.17) is 4.74 Å². The summed E-state index contributed by atoms with van der Waals surface area (Å²) in [4.78, 5) is 27.0. The minimum absolute atomic E-state index is 0.149. The fourth-order valence-electron chi connectivity index (χ4n) is 2.23. The van der Waals surface area contributed by atoms with Gasteiger partial charge in [-0.3, -0.25) is 4.79 Å². The maximum atomic E-state index is 13.2. The van der Waals surface area contributed by atoms with E-state index in [1.807, 2.05) is 19.0 Å². The first kappa shape index (κ1) is 16.2. The lowest BCUT2D eigenvalue weighted by atomic mass is 10.3. The van der Waals surface area contributed by atoms with E-state index in [9.17, 15) is 14.0 Å². The molecule has 1 aromatic rings. The fraction of sp³-hybridized carbons (Fsp3) is 0.467. The Morgan fingerprint density at radius 2 is 2.27 bits per heavy atom. The van der Waals surface area contributed by atoms with Gasteiger partial charge in [0.15, 0.2) is 0 Å². The van der Waals surface area contributed by atoms with Crippen LogP contribution >= 0.6 is 0 Å². The Labute approximate surface area is 128 Å². The normalized spacial score (nSPS) is 17.9. The Hall–Kier alpha value is -2.15. The third-order valence-corrected chi connectivity index (χ3v) is 3.34. The maximum absolute atomic E-state index is 13.2. The zero-order valence-corrected chi connectivity index (χ0v) is 12.7. The van der Waals surface area contributed by atoms with Gasteiger partial charge in [-0.05, 0) is 32.3 Å². The Morgan fingerprint density at radius 1 is 1.50 bits per heavy atom. The van der Waals surface area contributed by atoms with Crippen LogP contribution in [0.25, 0.3) is 0 Å². The molecule has 0 saturated carbocycles. The number of hydrogen-bond donors (Lipinski definition) is 1. The molecule has 1 aromatic carbocycles. The zero-order chi connectivity index (χ0) is 16.1. The molecule has 1 N–H and O–H groups in total. The molecule has 0 radical (unpaired) electrons. The number of benzene rings is 1. The molecule has 1 atom stereocenters. The second-order valence-corrected chi connectivity index (χ2v) is 5.47. The standard InChI is InChI=1S/C15H20FN3O3/c1-18(2)6-7-22-15(21)17-12-9-14(20)19(10-12)13-5-3-4-11(16)8-13/h3-5,8,12H,6-7,9-10H2,1-2H3,(H,17,21)/t12-/m0/s1. The lowest BCUT2D eigenvalue weighted by molar-refractivity contribution is -0.117. The average Bonchev–Trinajstić information content (AvgIpc) is 2.79. The van der Waals surface area contributed by atoms with Crippen LogP contribution in [-0.4, -0.2) is 56.7 Å². The summed E-state index contributed by atoms with van der Waals surface area (Å²) >= 11 is 0. The lowest BCUT2D eigenvalue weighted by Crippen LogP contribution is -2.38. The maximum Gasteiger partial charge on any atom is 0.407 e. The molecule has 1 heterocycles. The molecular formula is C15H20FN3O3. The monoisotopic (exact) mass is 309 g/mol. The quantitative estimate of drug-likeness (QED) is 0.888. The number of amides is 2. The van der Waals surface area contributed by atoms with Crippen molar-refractivity contribution in [2.45, 2.75) is 12.5 Å². The van der Waals surface area contributed by atoms with Gasteiger partial charge in [-0.1, -0.05) is 6.07 Å². The molecule has 22 heavy (non-hydrogen) atoms. The summed E-state index contributed by atoms with van der Waals surface area (Å²) in [7, 11) is 3.77. The van der Waals surface area contributed by atoms with Crippen molar-refractivity contribution >= 4 is 17.7 Å². The van der Waals surface area contributed by atoms with Crippen molar-refractivity contribution in [3.8, 4) is 0 Å². The molecule has 2 rings (SSSR count). The van der Waals surface area contributed by atoms with Gasteiger partial charge < -0.3 is 19.9 Å². The van der Waals surface area contributed by atoms with Crippen LogP contribution in [0.1, 0.15) is 6.42 Å². The first-order valence-corrected chi connectivity index (χ1v) is 7.09. The van der Waals surface area contributed by atoms with Crippen molar-refractivity contribution in [3.05, 3.63) is 30.1 Å². The smallest absolute Gasteiger partial charge is 0.407 e. The first-order valence-electron chi connectivity index (χ1n) is 7.09. The second-order valence-electron chi connectivity index (χ2n) is 5.47. The number of nitrogens with zero attached hydrogens (tertiary/aromatic N) is 2. The third kappa shape index (κ3) is 4.42. The SMILES string of the molecule is CN(C)CCOC(=O)N[C@H]1CC(=O)N(c2cccc(F)c2)C1. The van der Waals surface area contributed by atoms with Gasteiger partial charge in [-0.15, -0.1) is 0 Å². The molecule has 2 amide bonds. The van der Waals surface area contributed by atoms with E-state index >= 15 is 0 Å². The summed E-state index contributed by atoms with van der Waals surface area (Å²) in [6, 6.07) is 5.51. The predicted molar refractivity (Wildman–Crippen MR) is 80.2 cm³/mol. The average molecular weight is 309 g/mol. The molecule has 1 aliphatic heterocycles.